The highest BCUT2D eigenvalue weighted by Crippen LogP contribution is 2.38. The number of aliphatic carboxylic acids is 1. The Balaban J connectivity index is 2.16. The second kappa shape index (κ2) is 5.81. The standard InChI is InChI=1S/C16H22FNO2/c1-11(2)12-7-9-16(10-8-12,15(19)20)18-14-6-4-3-5-13(14)17/h3-6,11-12,18H,7-10H2,1-2H3,(H,19,20). The molecule has 0 atom stereocenters. The SMILES string of the molecule is CC(C)C1CCC(Nc2ccccc2F)(C(=O)O)CC1. The van der Waals surface area contributed by atoms with Crippen molar-refractivity contribution < 1.29 is 14.3 Å². The molecule has 2 rings (SSSR count). The van der Waals surface area contributed by atoms with E-state index in [0.717, 1.165) is 12.8 Å². The van der Waals surface area contributed by atoms with Gasteiger partial charge in [-0.3, -0.25) is 0 Å². The average Bonchev–Trinajstić information content (AvgIpc) is 2.42. The lowest BCUT2D eigenvalue weighted by molar-refractivity contribution is -0.144. The van der Waals surface area contributed by atoms with E-state index in [-0.39, 0.29) is 5.69 Å². The van der Waals surface area contributed by atoms with E-state index in [9.17, 15) is 14.3 Å². The fourth-order valence-electron chi connectivity index (χ4n) is 3.01. The summed E-state index contributed by atoms with van der Waals surface area (Å²) >= 11 is 0. The van der Waals surface area contributed by atoms with Gasteiger partial charge in [0.25, 0.3) is 0 Å². The molecule has 1 aliphatic carbocycles. The summed E-state index contributed by atoms with van der Waals surface area (Å²) in [4.78, 5) is 11.7. The van der Waals surface area contributed by atoms with Gasteiger partial charge < -0.3 is 10.4 Å². The van der Waals surface area contributed by atoms with Gasteiger partial charge in [-0.05, 0) is 49.7 Å². The predicted octanol–water partition coefficient (Wildman–Crippen LogP) is 3.91. The molecule has 0 aromatic heterocycles. The third-order valence-electron chi connectivity index (χ3n) is 4.48. The minimum Gasteiger partial charge on any atom is -0.480 e. The Kier molecular flexibility index (Phi) is 4.31. The molecule has 0 aliphatic heterocycles. The molecule has 0 amide bonds. The van der Waals surface area contributed by atoms with Crippen molar-refractivity contribution in [3.05, 3.63) is 30.1 Å². The number of benzene rings is 1. The average molecular weight is 279 g/mol. The van der Waals surface area contributed by atoms with E-state index < -0.39 is 17.3 Å². The fourth-order valence-corrected chi connectivity index (χ4v) is 3.01. The quantitative estimate of drug-likeness (QED) is 0.878. The molecule has 0 radical (unpaired) electrons. The zero-order valence-electron chi connectivity index (χ0n) is 12.0. The summed E-state index contributed by atoms with van der Waals surface area (Å²) in [5.41, 5.74) is -0.758. The molecule has 0 bridgehead atoms. The molecule has 1 saturated carbocycles. The summed E-state index contributed by atoms with van der Waals surface area (Å²) in [6.07, 6.45) is 2.82. The first kappa shape index (κ1) is 14.8. The molecule has 4 heteroatoms. The molecule has 20 heavy (non-hydrogen) atoms. The van der Waals surface area contributed by atoms with E-state index in [0.29, 0.717) is 24.7 Å². The number of hydrogen-bond donors (Lipinski definition) is 2. The first-order valence-electron chi connectivity index (χ1n) is 7.21. The fraction of sp³-hybridized carbons (Fsp3) is 0.562. The molecular formula is C16H22FNO2. The van der Waals surface area contributed by atoms with Crippen molar-refractivity contribution in [3.63, 3.8) is 0 Å². The predicted molar refractivity (Wildman–Crippen MR) is 77.2 cm³/mol. The zero-order valence-corrected chi connectivity index (χ0v) is 12.0. The third-order valence-corrected chi connectivity index (χ3v) is 4.48. The summed E-state index contributed by atoms with van der Waals surface area (Å²) in [6, 6.07) is 6.25. The number of halogens is 1. The van der Waals surface area contributed by atoms with Gasteiger partial charge in [0.15, 0.2) is 0 Å². The lowest BCUT2D eigenvalue weighted by Crippen LogP contribution is -2.49. The van der Waals surface area contributed by atoms with Crippen LogP contribution in [0.1, 0.15) is 39.5 Å². The molecule has 110 valence electrons. The first-order chi connectivity index (χ1) is 9.44. The maximum absolute atomic E-state index is 13.7. The largest absolute Gasteiger partial charge is 0.480 e. The number of nitrogens with one attached hydrogen (secondary N) is 1. The number of para-hydroxylation sites is 1. The molecule has 0 unspecified atom stereocenters. The van der Waals surface area contributed by atoms with E-state index in [4.69, 9.17) is 0 Å². The number of carboxylic acid groups (broad SMARTS) is 1. The van der Waals surface area contributed by atoms with Crippen molar-refractivity contribution in [2.45, 2.75) is 45.1 Å². The zero-order chi connectivity index (χ0) is 14.8. The molecule has 3 nitrogen and oxygen atoms in total. The molecule has 2 N–H and O–H groups in total. The summed E-state index contributed by atoms with van der Waals surface area (Å²) in [7, 11) is 0. The number of anilines is 1. The molecule has 1 aromatic carbocycles. The molecule has 0 saturated heterocycles. The minimum atomic E-state index is -1.03. The van der Waals surface area contributed by atoms with Gasteiger partial charge in [0.2, 0.25) is 0 Å². The second-order valence-corrected chi connectivity index (χ2v) is 6.07. The van der Waals surface area contributed by atoms with Crippen LogP contribution in [0.4, 0.5) is 10.1 Å². The van der Waals surface area contributed by atoms with Crippen molar-refractivity contribution in [1.82, 2.24) is 0 Å². The third kappa shape index (κ3) is 2.94. The van der Waals surface area contributed by atoms with Gasteiger partial charge in [-0.2, -0.15) is 0 Å². The van der Waals surface area contributed by atoms with E-state index in [1.807, 2.05) is 0 Å². The van der Waals surface area contributed by atoms with Crippen LogP contribution in [0.2, 0.25) is 0 Å². The molecule has 1 aliphatic rings. The lowest BCUT2D eigenvalue weighted by Gasteiger charge is -2.39. The van der Waals surface area contributed by atoms with Gasteiger partial charge in [-0.1, -0.05) is 26.0 Å². The molecule has 1 fully saturated rings. The van der Waals surface area contributed by atoms with Crippen LogP contribution >= 0.6 is 0 Å². The Bertz CT molecular complexity index is 479. The van der Waals surface area contributed by atoms with Crippen LogP contribution in [0.5, 0.6) is 0 Å². The normalized spacial score (nSPS) is 26.5. The summed E-state index contributed by atoms with van der Waals surface area (Å²) < 4.78 is 13.7. The topological polar surface area (TPSA) is 49.3 Å². The Morgan fingerprint density at radius 2 is 1.95 bits per heavy atom. The van der Waals surface area contributed by atoms with E-state index in [1.54, 1.807) is 18.2 Å². The van der Waals surface area contributed by atoms with Crippen molar-refractivity contribution in [1.29, 1.82) is 0 Å². The van der Waals surface area contributed by atoms with Crippen LogP contribution < -0.4 is 5.32 Å². The van der Waals surface area contributed by atoms with Crippen LogP contribution in [-0.2, 0) is 4.79 Å². The number of carboxylic acids is 1. The van der Waals surface area contributed by atoms with Gasteiger partial charge >= 0.3 is 5.97 Å². The summed E-state index contributed by atoms with van der Waals surface area (Å²) in [6.45, 7) is 4.34. The van der Waals surface area contributed by atoms with Crippen LogP contribution in [-0.4, -0.2) is 16.6 Å². The van der Waals surface area contributed by atoms with Gasteiger partial charge in [0.05, 0.1) is 5.69 Å². The Labute approximate surface area is 119 Å². The highest BCUT2D eigenvalue weighted by Gasteiger charge is 2.42. The minimum absolute atomic E-state index is 0.276. The van der Waals surface area contributed by atoms with E-state index in [2.05, 4.69) is 19.2 Å². The molecule has 0 heterocycles. The number of rotatable bonds is 4. The number of hydrogen-bond acceptors (Lipinski definition) is 2. The number of carbonyl (C=O) groups is 1. The smallest absolute Gasteiger partial charge is 0.329 e. The highest BCUT2D eigenvalue weighted by molar-refractivity contribution is 5.83. The summed E-state index contributed by atoms with van der Waals surface area (Å²) in [5.74, 6) is -0.165. The van der Waals surface area contributed by atoms with Gasteiger partial charge in [-0.15, -0.1) is 0 Å². The maximum Gasteiger partial charge on any atom is 0.329 e. The second-order valence-electron chi connectivity index (χ2n) is 6.07. The van der Waals surface area contributed by atoms with Gasteiger partial charge in [0, 0.05) is 0 Å². The van der Waals surface area contributed by atoms with E-state index in [1.165, 1.54) is 6.07 Å². The van der Waals surface area contributed by atoms with Crippen LogP contribution in [0.25, 0.3) is 0 Å². The van der Waals surface area contributed by atoms with Crippen LogP contribution in [0.15, 0.2) is 24.3 Å². The monoisotopic (exact) mass is 279 g/mol. The van der Waals surface area contributed by atoms with Gasteiger partial charge in [0.1, 0.15) is 11.4 Å². The van der Waals surface area contributed by atoms with Crippen molar-refractivity contribution in [2.24, 2.45) is 11.8 Å². The van der Waals surface area contributed by atoms with Crippen LogP contribution in [0.3, 0.4) is 0 Å². The van der Waals surface area contributed by atoms with Crippen molar-refractivity contribution in [3.8, 4) is 0 Å². The Hall–Kier alpha value is -1.58. The Morgan fingerprint density at radius 3 is 2.45 bits per heavy atom. The van der Waals surface area contributed by atoms with Crippen molar-refractivity contribution in [2.75, 3.05) is 5.32 Å². The van der Waals surface area contributed by atoms with E-state index >= 15 is 0 Å². The van der Waals surface area contributed by atoms with Crippen LogP contribution in [0, 0.1) is 17.7 Å². The molecule has 0 spiro atoms. The summed E-state index contributed by atoms with van der Waals surface area (Å²) in [5, 5.41) is 12.5. The first-order valence-corrected chi connectivity index (χ1v) is 7.21. The lowest BCUT2D eigenvalue weighted by atomic mass is 9.72. The Morgan fingerprint density at radius 1 is 1.35 bits per heavy atom. The van der Waals surface area contributed by atoms with Crippen molar-refractivity contribution >= 4 is 11.7 Å². The highest BCUT2D eigenvalue weighted by atomic mass is 19.1. The maximum atomic E-state index is 13.7. The van der Waals surface area contributed by atoms with Gasteiger partial charge in [-0.25, -0.2) is 9.18 Å². The molecule has 1 aromatic rings. The molecular weight excluding hydrogens is 257 g/mol.